The molecule has 0 spiro atoms. The van der Waals surface area contributed by atoms with E-state index in [9.17, 15) is 13.2 Å². The van der Waals surface area contributed by atoms with Gasteiger partial charge in [0.05, 0.1) is 29.7 Å². The lowest BCUT2D eigenvalue weighted by Crippen LogP contribution is -2.36. The van der Waals surface area contributed by atoms with Crippen LogP contribution in [0.25, 0.3) is 0 Å². The summed E-state index contributed by atoms with van der Waals surface area (Å²) in [6.07, 6.45) is 2.04. The Kier molecular flexibility index (Phi) is 4.23. The van der Waals surface area contributed by atoms with Crippen LogP contribution in [0.15, 0.2) is 47.4 Å². The van der Waals surface area contributed by atoms with Gasteiger partial charge in [-0.05, 0) is 54.2 Å². The van der Waals surface area contributed by atoms with E-state index < -0.39 is 9.84 Å². The van der Waals surface area contributed by atoms with Gasteiger partial charge < -0.3 is 10.1 Å². The number of nitrogens with one attached hydrogen (secondary N) is 1. The molecule has 2 aliphatic rings. The molecule has 0 bridgehead atoms. The molecule has 5 nitrogen and oxygen atoms in total. The molecule has 2 atom stereocenters. The summed E-state index contributed by atoms with van der Waals surface area (Å²) in [5.74, 6) is 0.545. The molecule has 2 unspecified atom stereocenters. The first-order chi connectivity index (χ1) is 12.5. The molecule has 0 aromatic heterocycles. The number of hydrogen-bond acceptors (Lipinski definition) is 4. The fourth-order valence-corrected chi connectivity index (χ4v) is 5.61. The molecule has 2 aromatic rings. The van der Waals surface area contributed by atoms with Crippen LogP contribution in [0.5, 0.6) is 5.75 Å². The quantitative estimate of drug-likeness (QED) is 0.900. The summed E-state index contributed by atoms with van der Waals surface area (Å²) in [5, 5.41) is 3.09. The molecule has 4 rings (SSSR count). The Morgan fingerprint density at radius 3 is 2.73 bits per heavy atom. The van der Waals surface area contributed by atoms with Crippen molar-refractivity contribution in [2.45, 2.75) is 36.1 Å². The highest BCUT2D eigenvalue weighted by Crippen LogP contribution is 2.37. The van der Waals surface area contributed by atoms with Crippen molar-refractivity contribution in [2.24, 2.45) is 0 Å². The molecular formula is C20H21NO4S. The highest BCUT2D eigenvalue weighted by molar-refractivity contribution is 7.91. The minimum atomic E-state index is -3.26. The normalized spacial score (nSPS) is 23.0. The van der Waals surface area contributed by atoms with Crippen LogP contribution < -0.4 is 10.1 Å². The number of rotatable bonds is 3. The monoisotopic (exact) mass is 371 g/mol. The van der Waals surface area contributed by atoms with Crippen molar-refractivity contribution in [2.75, 3.05) is 12.9 Å². The number of benzene rings is 2. The maximum atomic E-state index is 12.9. The number of carbonyl (C=O) groups is 1. The minimum absolute atomic E-state index is 0.0453. The van der Waals surface area contributed by atoms with Gasteiger partial charge in [-0.25, -0.2) is 8.42 Å². The second-order valence-corrected chi connectivity index (χ2v) is 8.94. The van der Waals surface area contributed by atoms with Gasteiger partial charge in [0.2, 0.25) is 5.91 Å². The maximum absolute atomic E-state index is 12.9. The van der Waals surface area contributed by atoms with Crippen LogP contribution in [0.2, 0.25) is 0 Å². The molecule has 1 amide bonds. The van der Waals surface area contributed by atoms with Crippen LogP contribution in [0.3, 0.4) is 0 Å². The van der Waals surface area contributed by atoms with Crippen molar-refractivity contribution in [1.82, 2.24) is 5.32 Å². The number of fused-ring (bicyclic) bond motifs is 2. The van der Waals surface area contributed by atoms with Gasteiger partial charge in [-0.3, -0.25) is 4.79 Å². The van der Waals surface area contributed by atoms with Crippen molar-refractivity contribution < 1.29 is 17.9 Å². The lowest BCUT2D eigenvalue weighted by Gasteiger charge is -2.27. The predicted octanol–water partition coefficient (Wildman–Crippen LogP) is 2.76. The Balaban J connectivity index is 1.59. The van der Waals surface area contributed by atoms with E-state index in [2.05, 4.69) is 5.32 Å². The van der Waals surface area contributed by atoms with E-state index in [-0.39, 0.29) is 23.6 Å². The molecule has 0 radical (unpaired) electrons. The van der Waals surface area contributed by atoms with E-state index in [0.717, 1.165) is 24.2 Å². The summed E-state index contributed by atoms with van der Waals surface area (Å²) in [4.78, 5) is 13.3. The largest absolute Gasteiger partial charge is 0.497 e. The summed E-state index contributed by atoms with van der Waals surface area (Å²) in [7, 11) is -1.64. The Bertz CT molecular complexity index is 968. The van der Waals surface area contributed by atoms with Crippen LogP contribution in [0.4, 0.5) is 0 Å². The third-order valence-corrected chi connectivity index (χ3v) is 7.18. The first kappa shape index (κ1) is 17.1. The zero-order chi connectivity index (χ0) is 18.3. The SMILES string of the molecule is COc1ccc2c(c1)C(C(=O)NC1CCS(=O)(=O)c3ccccc31)CC2. The van der Waals surface area contributed by atoms with Gasteiger partial charge >= 0.3 is 0 Å². The number of methoxy groups -OCH3 is 1. The van der Waals surface area contributed by atoms with E-state index in [1.54, 1.807) is 25.3 Å². The zero-order valence-electron chi connectivity index (χ0n) is 14.6. The number of hydrogen-bond donors (Lipinski definition) is 1. The van der Waals surface area contributed by atoms with E-state index in [0.29, 0.717) is 16.9 Å². The maximum Gasteiger partial charge on any atom is 0.228 e. The lowest BCUT2D eigenvalue weighted by atomic mass is 9.98. The lowest BCUT2D eigenvalue weighted by molar-refractivity contribution is -0.123. The second kappa shape index (κ2) is 6.43. The summed E-state index contributed by atoms with van der Waals surface area (Å²) >= 11 is 0. The smallest absolute Gasteiger partial charge is 0.228 e. The molecule has 6 heteroatoms. The molecular weight excluding hydrogens is 350 g/mol. The van der Waals surface area contributed by atoms with Gasteiger partial charge in [-0.15, -0.1) is 0 Å². The molecule has 1 aliphatic heterocycles. The average Bonchev–Trinajstić information content (AvgIpc) is 3.07. The summed E-state index contributed by atoms with van der Waals surface area (Å²) in [6.45, 7) is 0. The Hall–Kier alpha value is -2.34. The van der Waals surface area contributed by atoms with Gasteiger partial charge in [-0.2, -0.15) is 0 Å². The van der Waals surface area contributed by atoms with E-state index >= 15 is 0 Å². The number of aryl methyl sites for hydroxylation is 1. The highest BCUT2D eigenvalue weighted by Gasteiger charge is 2.34. The minimum Gasteiger partial charge on any atom is -0.497 e. The number of ether oxygens (including phenoxy) is 1. The summed E-state index contributed by atoms with van der Waals surface area (Å²) in [5.41, 5.74) is 2.88. The van der Waals surface area contributed by atoms with Crippen LogP contribution in [-0.4, -0.2) is 27.2 Å². The summed E-state index contributed by atoms with van der Waals surface area (Å²) in [6, 6.07) is 12.6. The number of amides is 1. The number of carbonyl (C=O) groups excluding carboxylic acids is 1. The van der Waals surface area contributed by atoms with Crippen molar-refractivity contribution in [3.63, 3.8) is 0 Å². The molecule has 136 valence electrons. The van der Waals surface area contributed by atoms with Crippen LogP contribution in [0, 0.1) is 0 Å². The molecule has 0 saturated heterocycles. The average molecular weight is 371 g/mol. The van der Waals surface area contributed by atoms with Gasteiger partial charge in [-0.1, -0.05) is 24.3 Å². The Morgan fingerprint density at radius 1 is 1.12 bits per heavy atom. The van der Waals surface area contributed by atoms with Gasteiger partial charge in [0.15, 0.2) is 9.84 Å². The molecule has 1 aliphatic carbocycles. The molecule has 26 heavy (non-hydrogen) atoms. The van der Waals surface area contributed by atoms with Crippen molar-refractivity contribution in [3.8, 4) is 5.75 Å². The third kappa shape index (κ3) is 2.88. The Labute approximate surface area is 153 Å². The first-order valence-corrected chi connectivity index (χ1v) is 10.4. The van der Waals surface area contributed by atoms with Crippen LogP contribution in [-0.2, 0) is 21.1 Å². The van der Waals surface area contributed by atoms with Gasteiger partial charge in [0.25, 0.3) is 0 Å². The van der Waals surface area contributed by atoms with E-state index in [1.165, 1.54) is 5.56 Å². The predicted molar refractivity (Wildman–Crippen MR) is 98.1 cm³/mol. The molecule has 1 heterocycles. The van der Waals surface area contributed by atoms with Crippen molar-refractivity contribution in [1.29, 1.82) is 0 Å². The van der Waals surface area contributed by atoms with Crippen molar-refractivity contribution >= 4 is 15.7 Å². The second-order valence-electron chi connectivity index (χ2n) is 6.86. The highest BCUT2D eigenvalue weighted by atomic mass is 32.2. The zero-order valence-corrected chi connectivity index (χ0v) is 15.4. The summed E-state index contributed by atoms with van der Waals surface area (Å²) < 4.78 is 29.8. The first-order valence-electron chi connectivity index (χ1n) is 8.78. The standard InChI is InChI=1S/C20H21NO4S/c1-25-14-8-6-13-7-9-15(17(13)12-14)20(22)21-18-10-11-26(23,24)19-5-3-2-4-16(18)19/h2-6,8,12,15,18H,7,9-11H2,1H3,(H,21,22). The van der Waals surface area contributed by atoms with Crippen LogP contribution in [0.1, 0.15) is 41.5 Å². The molecule has 1 N–H and O–H groups in total. The fraction of sp³-hybridized carbons (Fsp3) is 0.350. The van der Waals surface area contributed by atoms with Gasteiger partial charge in [0.1, 0.15) is 5.75 Å². The van der Waals surface area contributed by atoms with E-state index in [4.69, 9.17) is 4.74 Å². The van der Waals surface area contributed by atoms with Crippen molar-refractivity contribution in [3.05, 3.63) is 59.2 Å². The number of sulfone groups is 1. The van der Waals surface area contributed by atoms with Gasteiger partial charge in [0, 0.05) is 0 Å². The Morgan fingerprint density at radius 2 is 1.92 bits per heavy atom. The van der Waals surface area contributed by atoms with E-state index in [1.807, 2.05) is 24.3 Å². The molecule has 2 aromatic carbocycles. The molecule has 0 saturated carbocycles. The topological polar surface area (TPSA) is 72.5 Å². The van der Waals surface area contributed by atoms with Crippen LogP contribution >= 0.6 is 0 Å². The third-order valence-electron chi connectivity index (χ3n) is 5.37. The fourth-order valence-electron chi connectivity index (χ4n) is 3.99. The molecule has 0 fully saturated rings.